The molecule has 0 amide bonds. The van der Waals surface area contributed by atoms with Crippen molar-refractivity contribution in [2.75, 3.05) is 16.8 Å². The molecule has 150 valence electrons. The van der Waals surface area contributed by atoms with Gasteiger partial charge in [0, 0.05) is 12.2 Å². The standard InChI is InChI=1S/C23H28N6/c1-5-16(2)26-17(3)21-12-10-19-9-11-20(13-14-24)29(23(19)28-21)18(4)27-22-8-6-7-15-25-22/h1,6-8,10,12,15-16,20,26H,3-4,9,11,13-14,24H2,2H3,(H,25,27). The Morgan fingerprint density at radius 3 is 2.90 bits per heavy atom. The van der Waals surface area contributed by atoms with Crippen molar-refractivity contribution < 1.29 is 0 Å². The summed E-state index contributed by atoms with van der Waals surface area (Å²) < 4.78 is 0. The summed E-state index contributed by atoms with van der Waals surface area (Å²) in [4.78, 5) is 11.4. The van der Waals surface area contributed by atoms with E-state index in [1.807, 2.05) is 31.2 Å². The minimum absolute atomic E-state index is 0.123. The highest BCUT2D eigenvalue weighted by Gasteiger charge is 2.29. The zero-order valence-corrected chi connectivity index (χ0v) is 16.9. The second-order valence-corrected chi connectivity index (χ2v) is 7.12. The second-order valence-electron chi connectivity index (χ2n) is 7.12. The molecule has 29 heavy (non-hydrogen) atoms. The Morgan fingerprint density at radius 2 is 2.21 bits per heavy atom. The third kappa shape index (κ3) is 4.76. The molecule has 0 bridgehead atoms. The molecule has 6 nitrogen and oxygen atoms in total. The van der Waals surface area contributed by atoms with Gasteiger partial charge in [0.15, 0.2) is 0 Å². The molecule has 0 radical (unpaired) electrons. The molecule has 2 aromatic heterocycles. The van der Waals surface area contributed by atoms with Gasteiger partial charge in [-0.25, -0.2) is 9.97 Å². The Bertz CT molecular complexity index is 915. The van der Waals surface area contributed by atoms with E-state index < -0.39 is 0 Å². The van der Waals surface area contributed by atoms with Gasteiger partial charge in [0.25, 0.3) is 0 Å². The summed E-state index contributed by atoms with van der Waals surface area (Å²) in [5.41, 5.74) is 8.52. The van der Waals surface area contributed by atoms with Gasteiger partial charge in [0.05, 0.1) is 17.4 Å². The maximum absolute atomic E-state index is 5.89. The van der Waals surface area contributed by atoms with Gasteiger partial charge in [-0.05, 0) is 56.5 Å². The summed E-state index contributed by atoms with van der Waals surface area (Å²) >= 11 is 0. The Hall–Kier alpha value is -3.30. The van der Waals surface area contributed by atoms with E-state index >= 15 is 0 Å². The molecule has 0 saturated heterocycles. The lowest BCUT2D eigenvalue weighted by atomic mass is 9.96. The first-order chi connectivity index (χ1) is 14.0. The Morgan fingerprint density at radius 1 is 1.38 bits per heavy atom. The molecule has 0 saturated carbocycles. The fraction of sp³-hybridized carbons (Fsp3) is 0.304. The summed E-state index contributed by atoms with van der Waals surface area (Å²) in [6.45, 7) is 10.9. The first-order valence-electron chi connectivity index (χ1n) is 9.81. The Labute approximate surface area is 172 Å². The fourth-order valence-corrected chi connectivity index (χ4v) is 3.51. The van der Waals surface area contributed by atoms with E-state index in [1.54, 1.807) is 6.20 Å². The molecule has 4 N–H and O–H groups in total. The first-order valence-corrected chi connectivity index (χ1v) is 9.81. The van der Waals surface area contributed by atoms with Gasteiger partial charge in [-0.3, -0.25) is 0 Å². The van der Waals surface area contributed by atoms with Crippen LogP contribution in [0.25, 0.3) is 5.70 Å². The number of anilines is 2. The van der Waals surface area contributed by atoms with Gasteiger partial charge in [-0.1, -0.05) is 31.2 Å². The van der Waals surface area contributed by atoms with E-state index in [-0.39, 0.29) is 12.1 Å². The zero-order chi connectivity index (χ0) is 20.8. The second kappa shape index (κ2) is 9.26. The molecule has 0 fully saturated rings. The fourth-order valence-electron chi connectivity index (χ4n) is 3.51. The van der Waals surface area contributed by atoms with Crippen molar-refractivity contribution in [3.05, 3.63) is 66.8 Å². The highest BCUT2D eigenvalue weighted by molar-refractivity contribution is 5.65. The molecular weight excluding hydrogens is 360 g/mol. The van der Waals surface area contributed by atoms with E-state index in [0.29, 0.717) is 12.2 Å². The van der Waals surface area contributed by atoms with Crippen molar-refractivity contribution >= 4 is 17.3 Å². The molecule has 2 unspecified atom stereocenters. The lowest BCUT2D eigenvalue weighted by Gasteiger charge is -2.39. The number of nitrogens with zero attached hydrogens (tertiary/aromatic N) is 3. The van der Waals surface area contributed by atoms with Crippen LogP contribution in [0.1, 0.15) is 31.0 Å². The van der Waals surface area contributed by atoms with Gasteiger partial charge in [0.1, 0.15) is 17.5 Å². The molecule has 0 spiro atoms. The average Bonchev–Trinajstić information content (AvgIpc) is 2.73. The van der Waals surface area contributed by atoms with Crippen molar-refractivity contribution in [1.29, 1.82) is 0 Å². The number of hydrogen-bond donors (Lipinski definition) is 3. The van der Waals surface area contributed by atoms with Crippen LogP contribution < -0.4 is 21.3 Å². The molecule has 3 rings (SSSR count). The quantitative estimate of drug-likeness (QED) is 0.603. The van der Waals surface area contributed by atoms with Crippen LogP contribution in [0.3, 0.4) is 0 Å². The van der Waals surface area contributed by atoms with Crippen LogP contribution in [0.5, 0.6) is 0 Å². The number of nitrogens with two attached hydrogens (primary N) is 1. The number of nitrogens with one attached hydrogen (secondary N) is 2. The van der Waals surface area contributed by atoms with Crippen LogP contribution in [0, 0.1) is 12.3 Å². The Kier molecular flexibility index (Phi) is 6.53. The van der Waals surface area contributed by atoms with E-state index in [1.165, 1.54) is 5.56 Å². The lowest BCUT2D eigenvalue weighted by molar-refractivity contribution is 0.524. The van der Waals surface area contributed by atoms with Gasteiger partial charge < -0.3 is 21.3 Å². The Balaban J connectivity index is 1.93. The number of hydrogen-bond acceptors (Lipinski definition) is 6. The van der Waals surface area contributed by atoms with Crippen LogP contribution in [0.15, 0.2) is 55.5 Å². The van der Waals surface area contributed by atoms with E-state index in [9.17, 15) is 0 Å². The summed E-state index contributed by atoms with van der Waals surface area (Å²) in [6.07, 6.45) is 10.0. The maximum Gasteiger partial charge on any atom is 0.138 e. The monoisotopic (exact) mass is 388 g/mol. The molecule has 1 aliphatic rings. The largest absolute Gasteiger partial charge is 0.371 e. The van der Waals surface area contributed by atoms with E-state index in [0.717, 1.165) is 42.4 Å². The topological polar surface area (TPSA) is 79.1 Å². The number of rotatable bonds is 8. The van der Waals surface area contributed by atoms with E-state index in [2.05, 4.69) is 45.7 Å². The summed E-state index contributed by atoms with van der Waals surface area (Å²) in [5.74, 6) is 4.99. The number of pyridine rings is 2. The normalized spacial score (nSPS) is 16.3. The van der Waals surface area contributed by atoms with Crippen molar-refractivity contribution in [2.45, 2.75) is 38.3 Å². The molecule has 3 heterocycles. The van der Waals surface area contributed by atoms with Gasteiger partial charge in [0.2, 0.25) is 0 Å². The van der Waals surface area contributed by atoms with Crippen molar-refractivity contribution in [1.82, 2.24) is 15.3 Å². The summed E-state index contributed by atoms with van der Waals surface area (Å²) in [5, 5.41) is 6.50. The van der Waals surface area contributed by atoms with Crippen molar-refractivity contribution in [2.24, 2.45) is 5.73 Å². The molecule has 1 aliphatic heterocycles. The third-order valence-corrected chi connectivity index (χ3v) is 4.97. The minimum Gasteiger partial charge on any atom is -0.371 e. The number of aryl methyl sites for hydroxylation is 1. The smallest absolute Gasteiger partial charge is 0.138 e. The SMILES string of the molecule is C#CC(C)NC(=C)c1ccc2c(n1)N(C(=C)Nc1ccccn1)C(CCN)CC2. The van der Waals surface area contributed by atoms with Gasteiger partial charge in [-0.15, -0.1) is 6.42 Å². The number of fused-ring (bicyclic) bond motifs is 1. The predicted molar refractivity (Wildman–Crippen MR) is 120 cm³/mol. The molecule has 6 heteroatoms. The summed E-state index contributed by atoms with van der Waals surface area (Å²) in [6, 6.07) is 9.89. The summed E-state index contributed by atoms with van der Waals surface area (Å²) in [7, 11) is 0. The van der Waals surface area contributed by atoms with Crippen LogP contribution in [-0.4, -0.2) is 28.6 Å². The molecule has 0 aliphatic carbocycles. The third-order valence-electron chi connectivity index (χ3n) is 4.97. The average molecular weight is 389 g/mol. The zero-order valence-electron chi connectivity index (χ0n) is 16.9. The van der Waals surface area contributed by atoms with Crippen LogP contribution in [0.2, 0.25) is 0 Å². The number of aromatic nitrogens is 2. The van der Waals surface area contributed by atoms with Gasteiger partial charge >= 0.3 is 0 Å². The first kappa shape index (κ1) is 20.4. The van der Waals surface area contributed by atoms with Gasteiger partial charge in [-0.2, -0.15) is 0 Å². The molecular formula is C23H28N6. The molecule has 2 aromatic rings. The number of terminal acetylenes is 1. The maximum atomic E-state index is 5.89. The van der Waals surface area contributed by atoms with Crippen molar-refractivity contribution in [3.63, 3.8) is 0 Å². The highest BCUT2D eigenvalue weighted by atomic mass is 15.3. The van der Waals surface area contributed by atoms with Crippen LogP contribution in [0.4, 0.5) is 11.6 Å². The minimum atomic E-state index is -0.123. The van der Waals surface area contributed by atoms with E-state index in [4.69, 9.17) is 17.1 Å². The highest BCUT2D eigenvalue weighted by Crippen LogP contribution is 2.34. The van der Waals surface area contributed by atoms with Crippen LogP contribution in [-0.2, 0) is 6.42 Å². The molecule has 2 atom stereocenters. The van der Waals surface area contributed by atoms with Crippen molar-refractivity contribution in [3.8, 4) is 12.3 Å². The molecule has 0 aromatic carbocycles. The predicted octanol–water partition coefficient (Wildman–Crippen LogP) is 3.11. The van der Waals surface area contributed by atoms with Crippen LogP contribution >= 0.6 is 0 Å². The lowest BCUT2D eigenvalue weighted by Crippen LogP contribution is -2.42.